The van der Waals surface area contributed by atoms with Crippen LogP contribution in [0.25, 0.3) is 6.08 Å². The summed E-state index contributed by atoms with van der Waals surface area (Å²) < 4.78 is 15.8. The van der Waals surface area contributed by atoms with E-state index in [-0.39, 0.29) is 12.7 Å². The van der Waals surface area contributed by atoms with Gasteiger partial charge in [0, 0.05) is 6.08 Å². The molecule has 0 saturated heterocycles. The highest BCUT2D eigenvalue weighted by molar-refractivity contribution is 5.93. The minimum atomic E-state index is -0.318. The number of methoxy groups -OCH3 is 1. The molecule has 0 spiro atoms. The van der Waals surface area contributed by atoms with Crippen molar-refractivity contribution in [1.82, 2.24) is 5.43 Å². The smallest absolute Gasteiger partial charge is 0.264 e. The quantitative estimate of drug-likeness (QED) is 0.510. The molecule has 134 valence electrons. The second-order valence-corrected chi connectivity index (χ2v) is 5.79. The molecule has 0 aliphatic carbocycles. The number of hydrogen-bond acceptors (Lipinski definition) is 5. The molecule has 1 amide bonds. The summed E-state index contributed by atoms with van der Waals surface area (Å²) in [5.74, 6) is 1.90. The van der Waals surface area contributed by atoms with Gasteiger partial charge in [-0.3, -0.25) is 4.79 Å². The third-order valence-electron chi connectivity index (χ3n) is 4.20. The SMILES string of the molecule is COc1ccc(C=NNC(=O)C=Cc2ccc3c(c2)OCO3)c(C)c1C. The Morgan fingerprint density at radius 2 is 1.96 bits per heavy atom. The molecule has 1 aliphatic rings. The lowest BCUT2D eigenvalue weighted by molar-refractivity contribution is -0.116. The first-order valence-corrected chi connectivity index (χ1v) is 8.13. The van der Waals surface area contributed by atoms with Crippen molar-refractivity contribution in [2.45, 2.75) is 13.8 Å². The maximum absolute atomic E-state index is 11.9. The molecule has 1 N–H and O–H groups in total. The van der Waals surface area contributed by atoms with Gasteiger partial charge in [-0.2, -0.15) is 5.10 Å². The molecule has 0 radical (unpaired) electrons. The highest BCUT2D eigenvalue weighted by Gasteiger charge is 2.12. The van der Waals surface area contributed by atoms with Gasteiger partial charge in [-0.05, 0) is 66.4 Å². The monoisotopic (exact) mass is 352 g/mol. The molecule has 2 aromatic rings. The molecule has 0 atom stereocenters. The molecule has 0 aromatic heterocycles. The zero-order valence-corrected chi connectivity index (χ0v) is 14.9. The second kappa shape index (κ2) is 7.74. The Labute approximate surface area is 152 Å². The Bertz CT molecular complexity index is 888. The predicted molar refractivity (Wildman–Crippen MR) is 99.8 cm³/mol. The van der Waals surface area contributed by atoms with Crippen LogP contribution in [-0.4, -0.2) is 26.0 Å². The molecular weight excluding hydrogens is 332 g/mol. The maximum atomic E-state index is 11.9. The standard InChI is InChI=1S/C20H20N2O4/c1-13-14(2)17(24-3)8-6-16(13)11-21-22-20(23)9-5-15-4-7-18-19(10-15)26-12-25-18/h4-11H,12H2,1-3H3,(H,22,23). The van der Waals surface area contributed by atoms with Crippen molar-refractivity contribution >= 4 is 18.2 Å². The van der Waals surface area contributed by atoms with Crippen LogP contribution >= 0.6 is 0 Å². The highest BCUT2D eigenvalue weighted by atomic mass is 16.7. The summed E-state index contributed by atoms with van der Waals surface area (Å²) in [6.07, 6.45) is 4.73. The third-order valence-corrected chi connectivity index (χ3v) is 4.20. The number of carbonyl (C=O) groups is 1. The van der Waals surface area contributed by atoms with Crippen molar-refractivity contribution in [2.75, 3.05) is 13.9 Å². The van der Waals surface area contributed by atoms with Crippen molar-refractivity contribution in [1.29, 1.82) is 0 Å². The van der Waals surface area contributed by atoms with Crippen LogP contribution in [0.5, 0.6) is 17.2 Å². The van der Waals surface area contributed by atoms with Gasteiger partial charge < -0.3 is 14.2 Å². The summed E-state index contributed by atoms with van der Waals surface area (Å²) in [4.78, 5) is 11.9. The number of benzene rings is 2. The first kappa shape index (κ1) is 17.5. The number of fused-ring (bicyclic) bond motifs is 1. The van der Waals surface area contributed by atoms with E-state index in [0.717, 1.165) is 28.0 Å². The van der Waals surface area contributed by atoms with Gasteiger partial charge in [-0.1, -0.05) is 6.07 Å². The van der Waals surface area contributed by atoms with Crippen molar-refractivity contribution in [2.24, 2.45) is 5.10 Å². The number of amides is 1. The Kier molecular flexibility index (Phi) is 5.22. The normalized spacial score (nSPS) is 12.7. The van der Waals surface area contributed by atoms with Crippen molar-refractivity contribution in [3.8, 4) is 17.2 Å². The van der Waals surface area contributed by atoms with E-state index in [4.69, 9.17) is 14.2 Å². The molecular formula is C20H20N2O4. The molecule has 1 aliphatic heterocycles. The lowest BCUT2D eigenvalue weighted by Gasteiger charge is -2.09. The van der Waals surface area contributed by atoms with Crippen LogP contribution in [0, 0.1) is 13.8 Å². The van der Waals surface area contributed by atoms with E-state index in [0.29, 0.717) is 11.5 Å². The lowest BCUT2D eigenvalue weighted by atomic mass is 10.0. The Morgan fingerprint density at radius 3 is 2.77 bits per heavy atom. The number of hydrogen-bond donors (Lipinski definition) is 1. The van der Waals surface area contributed by atoms with Crippen LogP contribution in [0.3, 0.4) is 0 Å². The largest absolute Gasteiger partial charge is 0.496 e. The zero-order chi connectivity index (χ0) is 18.5. The number of carbonyl (C=O) groups excluding carboxylic acids is 1. The first-order chi connectivity index (χ1) is 12.6. The minimum Gasteiger partial charge on any atom is -0.496 e. The number of rotatable bonds is 5. The molecule has 0 unspecified atom stereocenters. The Hall–Kier alpha value is -3.28. The van der Waals surface area contributed by atoms with Crippen LogP contribution < -0.4 is 19.6 Å². The fourth-order valence-corrected chi connectivity index (χ4v) is 2.57. The summed E-state index contributed by atoms with van der Waals surface area (Å²) in [5, 5.41) is 4.01. The van der Waals surface area contributed by atoms with E-state index in [1.807, 2.05) is 44.2 Å². The summed E-state index contributed by atoms with van der Waals surface area (Å²) >= 11 is 0. The van der Waals surface area contributed by atoms with Crippen LogP contribution in [-0.2, 0) is 4.79 Å². The van der Waals surface area contributed by atoms with Gasteiger partial charge in [0.2, 0.25) is 6.79 Å². The molecule has 6 nitrogen and oxygen atoms in total. The van der Waals surface area contributed by atoms with Gasteiger partial charge in [0.1, 0.15) is 5.75 Å². The number of nitrogens with one attached hydrogen (secondary N) is 1. The topological polar surface area (TPSA) is 69.2 Å². The number of hydrazone groups is 1. The summed E-state index contributed by atoms with van der Waals surface area (Å²) in [7, 11) is 1.64. The van der Waals surface area contributed by atoms with E-state index in [1.165, 1.54) is 6.08 Å². The summed E-state index contributed by atoms with van der Waals surface area (Å²) in [5.41, 5.74) is 6.35. The van der Waals surface area contributed by atoms with Crippen LogP contribution in [0.4, 0.5) is 0 Å². The van der Waals surface area contributed by atoms with E-state index in [2.05, 4.69) is 10.5 Å². The number of nitrogens with zero attached hydrogens (tertiary/aromatic N) is 1. The highest BCUT2D eigenvalue weighted by Crippen LogP contribution is 2.32. The van der Waals surface area contributed by atoms with Gasteiger partial charge in [-0.15, -0.1) is 0 Å². The molecule has 1 heterocycles. The van der Waals surface area contributed by atoms with Crippen molar-refractivity contribution in [3.63, 3.8) is 0 Å². The molecule has 0 saturated carbocycles. The van der Waals surface area contributed by atoms with Crippen molar-refractivity contribution < 1.29 is 19.0 Å². The third kappa shape index (κ3) is 3.85. The predicted octanol–water partition coefficient (Wildman–Crippen LogP) is 3.20. The minimum absolute atomic E-state index is 0.224. The zero-order valence-electron chi connectivity index (χ0n) is 14.9. The Morgan fingerprint density at radius 1 is 1.15 bits per heavy atom. The van der Waals surface area contributed by atoms with Crippen LogP contribution in [0.1, 0.15) is 22.3 Å². The fraction of sp³-hybridized carbons (Fsp3) is 0.200. The number of ether oxygens (including phenoxy) is 3. The molecule has 2 aromatic carbocycles. The average Bonchev–Trinajstić information content (AvgIpc) is 3.11. The molecule has 3 rings (SSSR count). The molecule has 0 fully saturated rings. The Balaban J connectivity index is 1.60. The van der Waals surface area contributed by atoms with Gasteiger partial charge >= 0.3 is 0 Å². The van der Waals surface area contributed by atoms with Gasteiger partial charge in [0.15, 0.2) is 11.5 Å². The van der Waals surface area contributed by atoms with Crippen LogP contribution in [0.2, 0.25) is 0 Å². The summed E-state index contributed by atoms with van der Waals surface area (Å²) in [6.45, 7) is 4.20. The molecule has 0 bridgehead atoms. The van der Waals surface area contributed by atoms with Gasteiger partial charge in [0.05, 0.1) is 13.3 Å². The van der Waals surface area contributed by atoms with E-state index < -0.39 is 0 Å². The fourth-order valence-electron chi connectivity index (χ4n) is 2.57. The van der Waals surface area contributed by atoms with Crippen LogP contribution in [0.15, 0.2) is 41.5 Å². The molecule has 6 heteroatoms. The second-order valence-electron chi connectivity index (χ2n) is 5.79. The molecule has 26 heavy (non-hydrogen) atoms. The summed E-state index contributed by atoms with van der Waals surface area (Å²) in [6, 6.07) is 9.26. The maximum Gasteiger partial charge on any atom is 0.264 e. The van der Waals surface area contributed by atoms with E-state index in [1.54, 1.807) is 19.4 Å². The van der Waals surface area contributed by atoms with E-state index >= 15 is 0 Å². The first-order valence-electron chi connectivity index (χ1n) is 8.13. The van der Waals surface area contributed by atoms with Crippen molar-refractivity contribution in [3.05, 3.63) is 58.7 Å². The van der Waals surface area contributed by atoms with E-state index in [9.17, 15) is 4.79 Å². The average molecular weight is 352 g/mol. The van der Waals surface area contributed by atoms with Gasteiger partial charge in [-0.25, -0.2) is 5.43 Å². The lowest BCUT2D eigenvalue weighted by Crippen LogP contribution is -2.14. The van der Waals surface area contributed by atoms with Gasteiger partial charge in [0.25, 0.3) is 5.91 Å².